The van der Waals surface area contributed by atoms with Crippen molar-refractivity contribution >= 4 is 28.6 Å². The Morgan fingerprint density at radius 3 is 2.38 bits per heavy atom. The molecule has 0 atom stereocenters. The van der Waals surface area contributed by atoms with E-state index in [1.165, 1.54) is 11.3 Å². The van der Waals surface area contributed by atoms with Crippen molar-refractivity contribution < 1.29 is 4.74 Å². The number of benzene rings is 2. The molecule has 1 aromatic heterocycles. The van der Waals surface area contributed by atoms with Gasteiger partial charge >= 0.3 is 0 Å². The highest BCUT2D eigenvalue weighted by atomic mass is 35.5. The normalized spacial score (nSPS) is 10.3. The van der Waals surface area contributed by atoms with Crippen LogP contribution in [0, 0.1) is 0 Å². The number of halogens is 1. The maximum absolute atomic E-state index is 5.85. The summed E-state index contributed by atoms with van der Waals surface area (Å²) in [5, 5.41) is 4.26. The molecule has 0 aliphatic heterocycles. The zero-order chi connectivity index (χ0) is 14.5. The Morgan fingerprint density at radius 1 is 1.00 bits per heavy atom. The first-order chi connectivity index (χ1) is 10.3. The Kier molecular flexibility index (Phi) is 4.38. The van der Waals surface area contributed by atoms with Crippen LogP contribution in [0.15, 0.2) is 60.8 Å². The first kappa shape index (κ1) is 13.9. The number of aromatic nitrogens is 1. The minimum absolute atomic E-state index is 0.663. The Bertz CT molecular complexity index is 698. The van der Waals surface area contributed by atoms with Gasteiger partial charge in [-0.1, -0.05) is 29.8 Å². The molecule has 0 unspecified atom stereocenters. The molecule has 3 rings (SSSR count). The number of thiazole rings is 1. The van der Waals surface area contributed by atoms with E-state index in [9.17, 15) is 0 Å². The average molecular weight is 317 g/mol. The van der Waals surface area contributed by atoms with Crippen LogP contribution in [0.4, 0.5) is 5.69 Å². The summed E-state index contributed by atoms with van der Waals surface area (Å²) >= 11 is 7.33. The second kappa shape index (κ2) is 6.61. The molecule has 0 saturated carbocycles. The largest absolute Gasteiger partial charge is 0.457 e. The van der Waals surface area contributed by atoms with Crippen molar-refractivity contribution in [2.45, 2.75) is 6.54 Å². The van der Waals surface area contributed by atoms with Gasteiger partial charge in [0.15, 0.2) is 0 Å². The highest BCUT2D eigenvalue weighted by Crippen LogP contribution is 2.23. The topological polar surface area (TPSA) is 34.2 Å². The summed E-state index contributed by atoms with van der Waals surface area (Å²) < 4.78 is 6.45. The number of rotatable bonds is 5. The maximum atomic E-state index is 5.85. The maximum Gasteiger partial charge on any atom is 0.127 e. The monoisotopic (exact) mass is 316 g/mol. The Balaban J connectivity index is 1.59. The van der Waals surface area contributed by atoms with E-state index < -0.39 is 0 Å². The number of anilines is 1. The third kappa shape index (κ3) is 3.97. The van der Waals surface area contributed by atoms with E-state index >= 15 is 0 Å². The molecule has 0 fully saturated rings. The molecule has 0 bridgehead atoms. The molecule has 106 valence electrons. The molecule has 0 amide bonds. The zero-order valence-electron chi connectivity index (χ0n) is 11.1. The SMILES string of the molecule is Clc1cnc(CNc2ccc(Oc3ccccc3)cc2)s1. The first-order valence-electron chi connectivity index (χ1n) is 6.47. The molecule has 0 radical (unpaired) electrons. The lowest BCUT2D eigenvalue weighted by Gasteiger charge is -2.07. The van der Waals surface area contributed by atoms with Crippen molar-refractivity contribution in [1.82, 2.24) is 4.98 Å². The highest BCUT2D eigenvalue weighted by molar-refractivity contribution is 7.15. The van der Waals surface area contributed by atoms with Gasteiger partial charge in [-0.15, -0.1) is 11.3 Å². The lowest BCUT2D eigenvalue weighted by molar-refractivity contribution is 0.483. The summed E-state index contributed by atoms with van der Waals surface area (Å²) in [6.45, 7) is 0.663. The van der Waals surface area contributed by atoms with Crippen LogP contribution in [-0.2, 0) is 6.54 Å². The van der Waals surface area contributed by atoms with Crippen LogP contribution in [0.5, 0.6) is 11.5 Å². The smallest absolute Gasteiger partial charge is 0.127 e. The molecule has 0 saturated heterocycles. The molecular formula is C16H13ClN2OS. The molecule has 21 heavy (non-hydrogen) atoms. The molecule has 3 nitrogen and oxygen atoms in total. The number of nitrogens with zero attached hydrogens (tertiary/aromatic N) is 1. The van der Waals surface area contributed by atoms with E-state index in [1.54, 1.807) is 6.20 Å². The van der Waals surface area contributed by atoms with Crippen LogP contribution in [0.2, 0.25) is 4.34 Å². The van der Waals surface area contributed by atoms with Crippen molar-refractivity contribution in [2.24, 2.45) is 0 Å². The molecule has 0 aliphatic rings. The predicted octanol–water partition coefficient (Wildman–Crippen LogP) is 5.20. The van der Waals surface area contributed by atoms with Crippen molar-refractivity contribution in [1.29, 1.82) is 0 Å². The number of hydrogen-bond acceptors (Lipinski definition) is 4. The average Bonchev–Trinajstić information content (AvgIpc) is 2.93. The van der Waals surface area contributed by atoms with Gasteiger partial charge in [0.25, 0.3) is 0 Å². The minimum atomic E-state index is 0.663. The molecule has 3 aromatic rings. The van der Waals surface area contributed by atoms with E-state index in [-0.39, 0.29) is 0 Å². The fraction of sp³-hybridized carbons (Fsp3) is 0.0625. The Hall–Kier alpha value is -2.04. The second-order valence-corrected chi connectivity index (χ2v) is 6.10. The van der Waals surface area contributed by atoms with Gasteiger partial charge in [0, 0.05) is 5.69 Å². The van der Waals surface area contributed by atoms with Crippen LogP contribution in [0.1, 0.15) is 5.01 Å². The van der Waals surface area contributed by atoms with Gasteiger partial charge in [0.05, 0.1) is 12.7 Å². The van der Waals surface area contributed by atoms with E-state index in [1.807, 2.05) is 54.6 Å². The summed E-state index contributed by atoms with van der Waals surface area (Å²) in [6, 6.07) is 17.5. The molecular weight excluding hydrogens is 304 g/mol. The number of hydrogen-bond donors (Lipinski definition) is 1. The van der Waals surface area contributed by atoms with Gasteiger partial charge in [0.2, 0.25) is 0 Å². The van der Waals surface area contributed by atoms with Crippen molar-refractivity contribution in [3.8, 4) is 11.5 Å². The molecule has 1 N–H and O–H groups in total. The fourth-order valence-corrected chi connectivity index (χ4v) is 2.71. The van der Waals surface area contributed by atoms with Gasteiger partial charge in [-0.05, 0) is 36.4 Å². The van der Waals surface area contributed by atoms with E-state index in [0.717, 1.165) is 22.2 Å². The van der Waals surface area contributed by atoms with Crippen LogP contribution >= 0.6 is 22.9 Å². The Labute approximate surface area is 132 Å². The van der Waals surface area contributed by atoms with Gasteiger partial charge in [-0.3, -0.25) is 0 Å². The lowest BCUT2D eigenvalue weighted by atomic mass is 10.3. The zero-order valence-corrected chi connectivity index (χ0v) is 12.7. The van der Waals surface area contributed by atoms with Gasteiger partial charge in [-0.25, -0.2) is 4.98 Å². The molecule has 0 aliphatic carbocycles. The summed E-state index contributed by atoms with van der Waals surface area (Å²) in [5.74, 6) is 1.64. The van der Waals surface area contributed by atoms with Crippen molar-refractivity contribution in [3.63, 3.8) is 0 Å². The molecule has 1 heterocycles. The predicted molar refractivity (Wildman–Crippen MR) is 87.4 cm³/mol. The van der Waals surface area contributed by atoms with Crippen LogP contribution in [0.3, 0.4) is 0 Å². The number of para-hydroxylation sites is 1. The number of nitrogens with one attached hydrogen (secondary N) is 1. The van der Waals surface area contributed by atoms with Crippen molar-refractivity contribution in [2.75, 3.05) is 5.32 Å². The number of ether oxygens (including phenoxy) is 1. The minimum Gasteiger partial charge on any atom is -0.457 e. The van der Waals surface area contributed by atoms with Crippen LogP contribution < -0.4 is 10.1 Å². The quantitative estimate of drug-likeness (QED) is 0.702. The standard InChI is InChI=1S/C16H13ClN2OS/c17-15-10-19-16(21-15)11-18-12-6-8-14(9-7-12)20-13-4-2-1-3-5-13/h1-10,18H,11H2. The summed E-state index contributed by atoms with van der Waals surface area (Å²) in [6.07, 6.45) is 1.67. The van der Waals surface area contributed by atoms with Gasteiger partial charge in [-0.2, -0.15) is 0 Å². The second-order valence-electron chi connectivity index (χ2n) is 4.35. The van der Waals surface area contributed by atoms with Crippen molar-refractivity contribution in [3.05, 3.63) is 70.1 Å². The summed E-state index contributed by atoms with van der Waals surface area (Å²) in [4.78, 5) is 4.20. The third-order valence-electron chi connectivity index (χ3n) is 2.80. The molecule has 5 heteroatoms. The van der Waals surface area contributed by atoms with Crippen LogP contribution in [-0.4, -0.2) is 4.98 Å². The summed E-state index contributed by atoms with van der Waals surface area (Å²) in [7, 11) is 0. The van der Waals surface area contributed by atoms with Crippen LogP contribution in [0.25, 0.3) is 0 Å². The fourth-order valence-electron chi connectivity index (χ4n) is 1.81. The summed E-state index contributed by atoms with van der Waals surface area (Å²) in [5.41, 5.74) is 1.02. The Morgan fingerprint density at radius 2 is 1.71 bits per heavy atom. The lowest BCUT2D eigenvalue weighted by Crippen LogP contribution is -1.98. The molecule has 0 spiro atoms. The van der Waals surface area contributed by atoms with E-state index in [4.69, 9.17) is 16.3 Å². The third-order valence-corrected chi connectivity index (χ3v) is 3.92. The highest BCUT2D eigenvalue weighted by Gasteiger charge is 2.01. The van der Waals surface area contributed by atoms with Gasteiger partial charge in [0.1, 0.15) is 20.8 Å². The van der Waals surface area contributed by atoms with Gasteiger partial charge < -0.3 is 10.1 Å². The first-order valence-corrected chi connectivity index (χ1v) is 7.66. The van der Waals surface area contributed by atoms with E-state index in [0.29, 0.717) is 10.9 Å². The van der Waals surface area contributed by atoms with E-state index in [2.05, 4.69) is 10.3 Å². The molecule has 2 aromatic carbocycles.